The Balaban J connectivity index is 1.82. The van der Waals surface area contributed by atoms with E-state index in [9.17, 15) is 13.2 Å². The highest BCUT2D eigenvalue weighted by Crippen LogP contribution is 2.25. The van der Waals surface area contributed by atoms with E-state index in [4.69, 9.17) is 0 Å². The molecule has 2 aromatic rings. The standard InChI is InChI=1S/C18H24N4O3S2/c1-3-7-16-20-21-18(26-16)19-17(23)14-9-8-13(2)15(12-14)27(24,25)22-10-5-4-6-11-22/h8-9,12H,3-7,10-11H2,1-2H3,(H,19,21,23). The van der Waals surface area contributed by atoms with Gasteiger partial charge in [-0.15, -0.1) is 10.2 Å². The number of benzene rings is 1. The summed E-state index contributed by atoms with van der Waals surface area (Å²) in [7, 11) is -3.60. The molecule has 146 valence electrons. The van der Waals surface area contributed by atoms with Crippen molar-refractivity contribution in [1.82, 2.24) is 14.5 Å². The number of sulfonamides is 1. The number of carbonyl (C=O) groups excluding carboxylic acids is 1. The molecule has 0 spiro atoms. The largest absolute Gasteiger partial charge is 0.296 e. The fourth-order valence-electron chi connectivity index (χ4n) is 3.05. The van der Waals surface area contributed by atoms with Gasteiger partial charge in [-0.3, -0.25) is 10.1 Å². The second kappa shape index (κ2) is 8.45. The Morgan fingerprint density at radius 2 is 1.96 bits per heavy atom. The van der Waals surface area contributed by atoms with E-state index in [0.717, 1.165) is 37.1 Å². The first-order chi connectivity index (χ1) is 12.9. The second-order valence-corrected chi connectivity index (χ2v) is 9.62. The number of piperidine rings is 1. The molecule has 0 atom stereocenters. The zero-order valence-electron chi connectivity index (χ0n) is 15.6. The first-order valence-electron chi connectivity index (χ1n) is 9.16. The number of aromatic nitrogens is 2. The number of aryl methyl sites for hydroxylation is 2. The molecular formula is C18H24N4O3S2. The van der Waals surface area contributed by atoms with E-state index >= 15 is 0 Å². The van der Waals surface area contributed by atoms with Crippen LogP contribution in [0.1, 0.15) is 53.5 Å². The molecule has 1 aliphatic heterocycles. The van der Waals surface area contributed by atoms with Crippen LogP contribution in [0, 0.1) is 6.92 Å². The summed E-state index contributed by atoms with van der Waals surface area (Å²) in [4.78, 5) is 12.8. The molecule has 1 aliphatic rings. The Hall–Kier alpha value is -1.84. The van der Waals surface area contributed by atoms with E-state index in [1.807, 2.05) is 0 Å². The molecule has 0 aliphatic carbocycles. The number of nitrogens with one attached hydrogen (secondary N) is 1. The molecule has 1 saturated heterocycles. The summed E-state index contributed by atoms with van der Waals surface area (Å²) in [6, 6.07) is 4.77. The summed E-state index contributed by atoms with van der Waals surface area (Å²) < 4.78 is 27.5. The lowest BCUT2D eigenvalue weighted by molar-refractivity contribution is 0.102. The molecule has 0 unspecified atom stereocenters. The van der Waals surface area contributed by atoms with Crippen molar-refractivity contribution in [3.8, 4) is 0 Å². The van der Waals surface area contributed by atoms with Gasteiger partial charge in [0, 0.05) is 25.1 Å². The van der Waals surface area contributed by atoms with Crippen molar-refractivity contribution in [2.24, 2.45) is 0 Å². The molecule has 3 rings (SSSR count). The predicted molar refractivity (Wildman–Crippen MR) is 106 cm³/mol. The van der Waals surface area contributed by atoms with Crippen LogP contribution < -0.4 is 5.32 Å². The van der Waals surface area contributed by atoms with Crippen molar-refractivity contribution in [2.45, 2.75) is 50.8 Å². The Bertz CT molecular complexity index is 918. The minimum Gasteiger partial charge on any atom is -0.296 e. The number of carbonyl (C=O) groups is 1. The van der Waals surface area contributed by atoms with Gasteiger partial charge in [-0.1, -0.05) is 30.7 Å². The minimum atomic E-state index is -3.60. The number of amides is 1. The highest BCUT2D eigenvalue weighted by atomic mass is 32.2. The highest BCUT2D eigenvalue weighted by molar-refractivity contribution is 7.89. The zero-order valence-corrected chi connectivity index (χ0v) is 17.2. The summed E-state index contributed by atoms with van der Waals surface area (Å²) >= 11 is 1.34. The molecule has 2 heterocycles. The van der Waals surface area contributed by atoms with Crippen LogP contribution in [0.15, 0.2) is 23.1 Å². The van der Waals surface area contributed by atoms with Crippen LogP contribution in [-0.2, 0) is 16.4 Å². The van der Waals surface area contributed by atoms with E-state index in [-0.39, 0.29) is 10.8 Å². The van der Waals surface area contributed by atoms with Gasteiger partial charge in [0.25, 0.3) is 5.91 Å². The number of nitrogens with zero attached hydrogens (tertiary/aromatic N) is 3. The van der Waals surface area contributed by atoms with Crippen LogP contribution >= 0.6 is 11.3 Å². The van der Waals surface area contributed by atoms with Crippen molar-refractivity contribution in [3.05, 3.63) is 34.3 Å². The van der Waals surface area contributed by atoms with Gasteiger partial charge in [-0.25, -0.2) is 8.42 Å². The van der Waals surface area contributed by atoms with Gasteiger partial charge in [-0.05, 0) is 43.9 Å². The SMILES string of the molecule is CCCc1nnc(NC(=O)c2ccc(C)c(S(=O)(=O)N3CCCCC3)c2)s1. The number of anilines is 1. The van der Waals surface area contributed by atoms with E-state index in [0.29, 0.717) is 29.3 Å². The first kappa shape index (κ1) is 19.9. The molecule has 7 nitrogen and oxygen atoms in total. The molecular weight excluding hydrogens is 384 g/mol. The quantitative estimate of drug-likeness (QED) is 0.792. The third-order valence-corrected chi connectivity index (χ3v) is 7.47. The van der Waals surface area contributed by atoms with E-state index in [1.54, 1.807) is 19.1 Å². The minimum absolute atomic E-state index is 0.195. The van der Waals surface area contributed by atoms with Gasteiger partial charge in [-0.2, -0.15) is 4.31 Å². The van der Waals surface area contributed by atoms with Crippen LogP contribution in [0.5, 0.6) is 0 Å². The lowest BCUT2D eigenvalue weighted by atomic mass is 10.1. The molecule has 9 heteroatoms. The van der Waals surface area contributed by atoms with Crippen LogP contribution in [-0.4, -0.2) is 41.9 Å². The smallest absolute Gasteiger partial charge is 0.257 e. The molecule has 1 aromatic carbocycles. The first-order valence-corrected chi connectivity index (χ1v) is 11.4. The maximum Gasteiger partial charge on any atom is 0.257 e. The van der Waals surface area contributed by atoms with Crippen molar-refractivity contribution >= 4 is 32.4 Å². The summed E-state index contributed by atoms with van der Waals surface area (Å²) in [5, 5.41) is 12.0. The summed E-state index contributed by atoms with van der Waals surface area (Å²) in [5.41, 5.74) is 0.932. The fraction of sp³-hybridized carbons (Fsp3) is 0.500. The maximum absolute atomic E-state index is 13.0. The Labute approximate surface area is 163 Å². The zero-order chi connectivity index (χ0) is 19.4. The van der Waals surface area contributed by atoms with Crippen molar-refractivity contribution in [2.75, 3.05) is 18.4 Å². The second-order valence-electron chi connectivity index (χ2n) is 6.65. The lowest BCUT2D eigenvalue weighted by Gasteiger charge is -2.26. The van der Waals surface area contributed by atoms with Gasteiger partial charge in [0.05, 0.1) is 4.90 Å². The van der Waals surface area contributed by atoms with Crippen molar-refractivity contribution < 1.29 is 13.2 Å². The predicted octanol–water partition coefficient (Wildman–Crippen LogP) is 3.23. The average Bonchev–Trinajstić information content (AvgIpc) is 3.10. The molecule has 27 heavy (non-hydrogen) atoms. The lowest BCUT2D eigenvalue weighted by Crippen LogP contribution is -2.36. The molecule has 1 fully saturated rings. The maximum atomic E-state index is 13.0. The van der Waals surface area contributed by atoms with Gasteiger partial charge in [0.2, 0.25) is 15.2 Å². The summed E-state index contributed by atoms with van der Waals surface area (Å²) in [5.74, 6) is -0.385. The molecule has 1 amide bonds. The third-order valence-electron chi connectivity index (χ3n) is 4.53. The monoisotopic (exact) mass is 408 g/mol. The van der Waals surface area contributed by atoms with Gasteiger partial charge >= 0.3 is 0 Å². The van der Waals surface area contributed by atoms with Crippen LogP contribution in [0.3, 0.4) is 0 Å². The molecule has 1 aromatic heterocycles. The normalized spacial score (nSPS) is 15.6. The van der Waals surface area contributed by atoms with Crippen LogP contribution in [0.25, 0.3) is 0 Å². The molecule has 0 bridgehead atoms. The molecule has 1 N–H and O–H groups in total. The number of hydrogen-bond acceptors (Lipinski definition) is 6. The average molecular weight is 409 g/mol. The van der Waals surface area contributed by atoms with E-state index in [2.05, 4.69) is 22.4 Å². The van der Waals surface area contributed by atoms with E-state index in [1.165, 1.54) is 21.7 Å². The Morgan fingerprint density at radius 3 is 2.67 bits per heavy atom. The topological polar surface area (TPSA) is 92.3 Å². The van der Waals surface area contributed by atoms with Gasteiger partial charge in [0.15, 0.2) is 0 Å². The van der Waals surface area contributed by atoms with Crippen molar-refractivity contribution in [1.29, 1.82) is 0 Å². The van der Waals surface area contributed by atoms with E-state index < -0.39 is 10.0 Å². The third kappa shape index (κ3) is 4.53. The highest BCUT2D eigenvalue weighted by Gasteiger charge is 2.28. The van der Waals surface area contributed by atoms with Gasteiger partial charge < -0.3 is 0 Å². The summed E-state index contributed by atoms with van der Waals surface area (Å²) in [6.07, 6.45) is 4.56. The Kier molecular flexibility index (Phi) is 6.23. The number of rotatable bonds is 6. The van der Waals surface area contributed by atoms with Gasteiger partial charge in [0.1, 0.15) is 5.01 Å². The van der Waals surface area contributed by atoms with Crippen molar-refractivity contribution in [3.63, 3.8) is 0 Å². The van der Waals surface area contributed by atoms with Crippen LogP contribution in [0.2, 0.25) is 0 Å². The molecule has 0 radical (unpaired) electrons. The van der Waals surface area contributed by atoms with Crippen LogP contribution in [0.4, 0.5) is 5.13 Å². The summed E-state index contributed by atoms with van der Waals surface area (Å²) in [6.45, 7) is 4.86. The molecule has 0 saturated carbocycles. The number of hydrogen-bond donors (Lipinski definition) is 1. The fourth-order valence-corrected chi connectivity index (χ4v) is 5.66. The Morgan fingerprint density at radius 1 is 1.22 bits per heavy atom.